The zero-order valence-electron chi connectivity index (χ0n) is 8.29. The average molecular weight is 336 g/mol. The van der Waals surface area contributed by atoms with Gasteiger partial charge in [0.15, 0.2) is 0 Å². The molecule has 0 aliphatic heterocycles. The number of alkyl halides is 6. The summed E-state index contributed by atoms with van der Waals surface area (Å²) in [5.74, 6) is -2.47. The lowest BCUT2D eigenvalue weighted by Gasteiger charge is -2.15. The number of para-hydroxylation sites is 1. The lowest BCUT2D eigenvalue weighted by atomic mass is 10.1. The Labute approximate surface area is 105 Å². The molecule has 0 atom stereocenters. The summed E-state index contributed by atoms with van der Waals surface area (Å²) < 4.78 is 73.2. The number of nitrogens with one attached hydrogen (secondary N) is 1. The number of halogens is 7. The topological polar surface area (TPSA) is 29.1 Å². The van der Waals surface area contributed by atoms with Crippen molar-refractivity contribution in [3.63, 3.8) is 0 Å². The maximum absolute atomic E-state index is 12.5. The summed E-state index contributed by atoms with van der Waals surface area (Å²) in [7, 11) is 0. The molecular weight excluding hydrogens is 332 g/mol. The zero-order chi connectivity index (χ0) is 14.1. The molecule has 0 spiro atoms. The van der Waals surface area contributed by atoms with Crippen molar-refractivity contribution >= 4 is 27.5 Å². The first kappa shape index (κ1) is 14.8. The fourth-order valence-corrected chi connectivity index (χ4v) is 1.54. The summed E-state index contributed by atoms with van der Waals surface area (Å²) in [5, 5.41) is 1.19. The van der Waals surface area contributed by atoms with Crippen molar-refractivity contribution in [1.82, 2.24) is 0 Å². The highest BCUT2D eigenvalue weighted by Gasteiger charge is 2.41. The van der Waals surface area contributed by atoms with Gasteiger partial charge < -0.3 is 5.32 Å². The third-order valence-electron chi connectivity index (χ3n) is 1.82. The van der Waals surface area contributed by atoms with Crippen molar-refractivity contribution in [1.29, 1.82) is 0 Å². The van der Waals surface area contributed by atoms with Gasteiger partial charge in [-0.2, -0.15) is 26.3 Å². The van der Waals surface area contributed by atoms with E-state index in [1.807, 2.05) is 0 Å². The van der Waals surface area contributed by atoms with Crippen LogP contribution in [0.15, 0.2) is 22.7 Å². The number of benzene rings is 1. The van der Waals surface area contributed by atoms with Crippen LogP contribution in [-0.4, -0.2) is 12.1 Å². The quantitative estimate of drug-likeness (QED) is 0.773. The molecule has 9 heteroatoms. The number of anilines is 1. The van der Waals surface area contributed by atoms with Crippen molar-refractivity contribution in [2.24, 2.45) is 0 Å². The molecule has 0 saturated carbocycles. The van der Waals surface area contributed by atoms with Gasteiger partial charge in [-0.3, -0.25) is 4.79 Å². The van der Waals surface area contributed by atoms with Gasteiger partial charge in [-0.25, -0.2) is 0 Å². The van der Waals surface area contributed by atoms with Crippen molar-refractivity contribution in [2.75, 3.05) is 5.32 Å². The summed E-state index contributed by atoms with van der Waals surface area (Å²) in [6, 6.07) is 2.65. The second-order valence-electron chi connectivity index (χ2n) is 3.11. The second kappa shape index (κ2) is 4.79. The molecular formula is C9H4BrF6NO. The highest BCUT2D eigenvalue weighted by molar-refractivity contribution is 9.10. The van der Waals surface area contributed by atoms with Crippen LogP contribution in [0.4, 0.5) is 32.0 Å². The van der Waals surface area contributed by atoms with Crippen LogP contribution in [0, 0.1) is 0 Å². The van der Waals surface area contributed by atoms with Crippen LogP contribution in [0.5, 0.6) is 0 Å². The van der Waals surface area contributed by atoms with E-state index in [9.17, 15) is 31.1 Å². The minimum atomic E-state index is -5.27. The van der Waals surface area contributed by atoms with Crippen LogP contribution in [0.25, 0.3) is 0 Å². The van der Waals surface area contributed by atoms with Gasteiger partial charge in [-0.15, -0.1) is 0 Å². The van der Waals surface area contributed by atoms with Crippen LogP contribution in [0.2, 0.25) is 0 Å². The van der Waals surface area contributed by atoms with E-state index in [1.165, 1.54) is 5.32 Å². The first-order valence-corrected chi connectivity index (χ1v) is 5.06. The highest BCUT2D eigenvalue weighted by atomic mass is 79.9. The van der Waals surface area contributed by atoms with E-state index >= 15 is 0 Å². The smallest absolute Gasteiger partial charge is 0.317 e. The van der Waals surface area contributed by atoms with Crippen LogP contribution < -0.4 is 5.32 Å². The van der Waals surface area contributed by atoms with Crippen molar-refractivity contribution in [3.8, 4) is 0 Å². The molecule has 0 bridgehead atoms. The number of hydrogen-bond donors (Lipinski definition) is 1. The largest absolute Gasteiger partial charge is 0.471 e. The Morgan fingerprint density at radius 1 is 1.11 bits per heavy atom. The van der Waals surface area contributed by atoms with Gasteiger partial charge in [0.05, 0.1) is 11.3 Å². The maximum Gasteiger partial charge on any atom is 0.471 e. The molecule has 0 heterocycles. The molecule has 2 nitrogen and oxygen atoms in total. The van der Waals surface area contributed by atoms with Crippen LogP contribution in [-0.2, 0) is 11.0 Å². The van der Waals surface area contributed by atoms with Crippen molar-refractivity contribution in [2.45, 2.75) is 12.4 Å². The Balaban J connectivity index is 3.20. The Morgan fingerprint density at radius 2 is 1.67 bits per heavy atom. The molecule has 0 radical (unpaired) electrons. The average Bonchev–Trinajstić information content (AvgIpc) is 2.17. The fraction of sp³-hybridized carbons (Fsp3) is 0.222. The SMILES string of the molecule is O=C(Nc1c(Br)cccc1C(F)(F)F)C(F)(F)F. The molecule has 1 aromatic carbocycles. The molecule has 1 aromatic rings. The molecule has 1 N–H and O–H groups in total. The molecule has 18 heavy (non-hydrogen) atoms. The van der Waals surface area contributed by atoms with E-state index in [0.29, 0.717) is 6.07 Å². The monoisotopic (exact) mass is 335 g/mol. The molecule has 0 aromatic heterocycles. The minimum Gasteiger partial charge on any atom is -0.317 e. The van der Waals surface area contributed by atoms with Gasteiger partial charge in [-0.05, 0) is 28.1 Å². The molecule has 0 aliphatic rings. The number of amides is 1. The van der Waals surface area contributed by atoms with Gasteiger partial charge in [-0.1, -0.05) is 6.07 Å². The molecule has 100 valence electrons. The Hall–Kier alpha value is -1.25. The number of carbonyl (C=O) groups excluding carboxylic acids is 1. The molecule has 0 saturated heterocycles. The Morgan fingerprint density at radius 3 is 2.11 bits per heavy atom. The van der Waals surface area contributed by atoms with E-state index in [2.05, 4.69) is 15.9 Å². The highest BCUT2D eigenvalue weighted by Crippen LogP contribution is 2.39. The van der Waals surface area contributed by atoms with E-state index in [1.54, 1.807) is 0 Å². The maximum atomic E-state index is 12.5. The minimum absolute atomic E-state index is 0.296. The third-order valence-corrected chi connectivity index (χ3v) is 2.48. The molecule has 0 aliphatic carbocycles. The van der Waals surface area contributed by atoms with E-state index < -0.39 is 29.5 Å². The number of carbonyl (C=O) groups is 1. The first-order chi connectivity index (χ1) is 8.03. The second-order valence-corrected chi connectivity index (χ2v) is 3.97. The van der Waals surface area contributed by atoms with Crippen LogP contribution in [0.1, 0.15) is 5.56 Å². The summed E-state index contributed by atoms with van der Waals surface area (Å²) >= 11 is 2.65. The third kappa shape index (κ3) is 3.37. The molecule has 0 unspecified atom stereocenters. The standard InChI is InChI=1S/C9H4BrF6NO/c10-5-3-1-2-4(8(11,12)13)6(5)17-7(18)9(14,15)16/h1-3H,(H,17,18). The Bertz CT molecular complexity index is 467. The summed E-state index contributed by atoms with van der Waals surface area (Å²) in [4.78, 5) is 10.6. The Kier molecular flexibility index (Phi) is 3.94. The first-order valence-electron chi connectivity index (χ1n) is 4.27. The predicted molar refractivity (Wildman–Crippen MR) is 53.8 cm³/mol. The number of hydrogen-bond acceptors (Lipinski definition) is 1. The molecule has 1 rings (SSSR count). The lowest BCUT2D eigenvalue weighted by molar-refractivity contribution is -0.167. The van der Waals surface area contributed by atoms with E-state index in [-0.39, 0.29) is 4.47 Å². The van der Waals surface area contributed by atoms with E-state index in [0.717, 1.165) is 12.1 Å². The van der Waals surface area contributed by atoms with Gasteiger partial charge in [0.1, 0.15) is 0 Å². The van der Waals surface area contributed by atoms with Crippen LogP contribution in [0.3, 0.4) is 0 Å². The van der Waals surface area contributed by atoms with Crippen molar-refractivity contribution in [3.05, 3.63) is 28.2 Å². The van der Waals surface area contributed by atoms with Gasteiger partial charge in [0.25, 0.3) is 0 Å². The predicted octanol–water partition coefficient (Wildman–Crippen LogP) is 3.97. The van der Waals surface area contributed by atoms with E-state index in [4.69, 9.17) is 0 Å². The fourth-order valence-electron chi connectivity index (χ4n) is 1.07. The lowest BCUT2D eigenvalue weighted by Crippen LogP contribution is -2.31. The van der Waals surface area contributed by atoms with Gasteiger partial charge in [0.2, 0.25) is 0 Å². The van der Waals surface area contributed by atoms with Gasteiger partial charge in [0, 0.05) is 4.47 Å². The normalized spacial score (nSPS) is 12.4. The zero-order valence-corrected chi connectivity index (χ0v) is 9.87. The summed E-state index contributed by atoms with van der Waals surface area (Å²) in [6.07, 6.45) is -10.1. The van der Waals surface area contributed by atoms with Crippen LogP contribution >= 0.6 is 15.9 Å². The summed E-state index contributed by atoms with van der Waals surface area (Å²) in [6.45, 7) is 0. The summed E-state index contributed by atoms with van der Waals surface area (Å²) in [5.41, 5.74) is -2.33. The number of rotatable bonds is 1. The van der Waals surface area contributed by atoms with Crippen molar-refractivity contribution < 1.29 is 31.1 Å². The van der Waals surface area contributed by atoms with Gasteiger partial charge >= 0.3 is 18.3 Å². The molecule has 1 amide bonds. The molecule has 0 fully saturated rings.